The highest BCUT2D eigenvalue weighted by molar-refractivity contribution is 5.45. The molecule has 82 valence electrons. The largest absolute Gasteiger partial charge is 0.388 e. The lowest BCUT2D eigenvalue weighted by Gasteiger charge is -2.21. The van der Waals surface area contributed by atoms with Gasteiger partial charge in [-0.05, 0) is 31.9 Å². The first-order chi connectivity index (χ1) is 7.29. The molecule has 0 aromatic carbocycles. The van der Waals surface area contributed by atoms with Gasteiger partial charge in [0.25, 0.3) is 0 Å². The van der Waals surface area contributed by atoms with Gasteiger partial charge in [-0.25, -0.2) is 0 Å². The molecule has 0 radical (unpaired) electrons. The van der Waals surface area contributed by atoms with Crippen LogP contribution in [0.1, 0.15) is 49.4 Å². The molecule has 2 heteroatoms. The lowest BCUT2D eigenvalue weighted by molar-refractivity contribution is 0.436. The van der Waals surface area contributed by atoms with Crippen molar-refractivity contribution in [3.8, 4) is 0 Å². The van der Waals surface area contributed by atoms with Crippen LogP contribution in [0.4, 0.5) is 5.69 Å². The summed E-state index contributed by atoms with van der Waals surface area (Å²) in [5, 5.41) is 3.21. The van der Waals surface area contributed by atoms with Gasteiger partial charge >= 0.3 is 0 Å². The average Bonchev–Trinajstić information content (AvgIpc) is 2.29. The maximum atomic E-state index is 4.67. The fourth-order valence-corrected chi connectivity index (χ4v) is 2.45. The molecule has 0 aliphatic heterocycles. The lowest BCUT2D eigenvalue weighted by atomic mass is 9.86. The molecule has 0 bridgehead atoms. The van der Waals surface area contributed by atoms with Gasteiger partial charge in [-0.2, -0.15) is 0 Å². The zero-order valence-corrected chi connectivity index (χ0v) is 9.71. The van der Waals surface area contributed by atoms with E-state index in [0.717, 1.165) is 5.69 Å². The van der Waals surface area contributed by atoms with Crippen molar-refractivity contribution >= 4 is 5.69 Å². The molecule has 0 amide bonds. The quantitative estimate of drug-likeness (QED) is 0.797. The standard InChI is InChI=1S/C13H20N2/c1-10-8-12(14-2)9-13(15-10)11-6-4-3-5-7-11/h8-9,11H,3-7H2,1-2H3,(H,14,15). The van der Waals surface area contributed by atoms with E-state index in [1.807, 2.05) is 7.05 Å². The molecule has 0 saturated heterocycles. The number of pyridine rings is 1. The molecule has 0 unspecified atom stereocenters. The van der Waals surface area contributed by atoms with E-state index in [4.69, 9.17) is 0 Å². The van der Waals surface area contributed by atoms with Crippen molar-refractivity contribution in [1.82, 2.24) is 4.98 Å². The van der Waals surface area contributed by atoms with Crippen LogP contribution >= 0.6 is 0 Å². The maximum Gasteiger partial charge on any atom is 0.0458 e. The van der Waals surface area contributed by atoms with E-state index >= 15 is 0 Å². The lowest BCUT2D eigenvalue weighted by Crippen LogP contribution is -2.07. The molecule has 1 saturated carbocycles. The van der Waals surface area contributed by atoms with E-state index in [2.05, 4.69) is 29.4 Å². The minimum absolute atomic E-state index is 0.700. The first kappa shape index (κ1) is 10.5. The van der Waals surface area contributed by atoms with Crippen LogP contribution in [0.2, 0.25) is 0 Å². The van der Waals surface area contributed by atoms with Crippen LogP contribution in [0.5, 0.6) is 0 Å². The Morgan fingerprint density at radius 1 is 1.20 bits per heavy atom. The zero-order chi connectivity index (χ0) is 10.7. The summed E-state index contributed by atoms with van der Waals surface area (Å²) in [5.41, 5.74) is 3.62. The average molecular weight is 204 g/mol. The van der Waals surface area contributed by atoms with E-state index in [1.54, 1.807) is 0 Å². The first-order valence-corrected chi connectivity index (χ1v) is 5.96. The van der Waals surface area contributed by atoms with Gasteiger partial charge in [-0.15, -0.1) is 0 Å². The van der Waals surface area contributed by atoms with Crippen molar-refractivity contribution in [3.63, 3.8) is 0 Å². The van der Waals surface area contributed by atoms with Crippen LogP contribution in [0.15, 0.2) is 12.1 Å². The van der Waals surface area contributed by atoms with E-state index in [0.29, 0.717) is 5.92 Å². The van der Waals surface area contributed by atoms with E-state index in [9.17, 15) is 0 Å². The molecule has 1 aliphatic carbocycles. The highest BCUT2D eigenvalue weighted by Gasteiger charge is 2.17. The van der Waals surface area contributed by atoms with Crippen molar-refractivity contribution in [2.45, 2.75) is 44.9 Å². The molecule has 1 heterocycles. The minimum Gasteiger partial charge on any atom is -0.388 e. The third-order valence-corrected chi connectivity index (χ3v) is 3.29. The van der Waals surface area contributed by atoms with Gasteiger partial charge in [0.15, 0.2) is 0 Å². The van der Waals surface area contributed by atoms with Gasteiger partial charge in [0.1, 0.15) is 0 Å². The second-order valence-corrected chi connectivity index (χ2v) is 4.51. The predicted octanol–water partition coefficient (Wildman–Crippen LogP) is 3.48. The molecule has 1 fully saturated rings. The third-order valence-electron chi connectivity index (χ3n) is 3.29. The Kier molecular flexibility index (Phi) is 3.24. The van der Waals surface area contributed by atoms with Gasteiger partial charge in [0, 0.05) is 30.0 Å². The molecule has 2 nitrogen and oxygen atoms in total. The van der Waals surface area contributed by atoms with Crippen LogP contribution in [0, 0.1) is 6.92 Å². The van der Waals surface area contributed by atoms with Crippen LogP contribution in [0.3, 0.4) is 0 Å². The number of hydrogen-bond donors (Lipinski definition) is 1. The Morgan fingerprint density at radius 3 is 2.60 bits per heavy atom. The summed E-state index contributed by atoms with van der Waals surface area (Å²) < 4.78 is 0. The summed E-state index contributed by atoms with van der Waals surface area (Å²) in [7, 11) is 1.97. The summed E-state index contributed by atoms with van der Waals surface area (Å²) in [5.74, 6) is 0.700. The van der Waals surface area contributed by atoms with Crippen LogP contribution < -0.4 is 5.32 Å². The molecule has 1 aromatic rings. The van der Waals surface area contributed by atoms with Crippen LogP contribution in [-0.4, -0.2) is 12.0 Å². The smallest absolute Gasteiger partial charge is 0.0458 e. The molecular weight excluding hydrogens is 184 g/mol. The summed E-state index contributed by atoms with van der Waals surface area (Å²) in [4.78, 5) is 4.67. The zero-order valence-electron chi connectivity index (χ0n) is 9.71. The number of aryl methyl sites for hydroxylation is 1. The summed E-state index contributed by atoms with van der Waals surface area (Å²) in [6.07, 6.45) is 6.78. The number of nitrogens with one attached hydrogen (secondary N) is 1. The predicted molar refractivity (Wildman–Crippen MR) is 64.3 cm³/mol. The van der Waals surface area contributed by atoms with E-state index < -0.39 is 0 Å². The van der Waals surface area contributed by atoms with Crippen molar-refractivity contribution in [2.75, 3.05) is 12.4 Å². The fourth-order valence-electron chi connectivity index (χ4n) is 2.45. The Morgan fingerprint density at radius 2 is 1.93 bits per heavy atom. The Bertz CT molecular complexity index is 327. The highest BCUT2D eigenvalue weighted by Crippen LogP contribution is 2.32. The molecule has 1 N–H and O–H groups in total. The molecule has 15 heavy (non-hydrogen) atoms. The van der Waals surface area contributed by atoms with Gasteiger partial charge in [-0.1, -0.05) is 19.3 Å². The number of anilines is 1. The minimum atomic E-state index is 0.700. The molecule has 2 rings (SSSR count). The van der Waals surface area contributed by atoms with Crippen molar-refractivity contribution < 1.29 is 0 Å². The second kappa shape index (κ2) is 4.65. The van der Waals surface area contributed by atoms with Crippen LogP contribution in [-0.2, 0) is 0 Å². The van der Waals surface area contributed by atoms with Crippen molar-refractivity contribution in [2.24, 2.45) is 0 Å². The summed E-state index contributed by atoms with van der Waals surface area (Å²) >= 11 is 0. The van der Waals surface area contributed by atoms with E-state index in [1.165, 1.54) is 43.5 Å². The maximum absolute atomic E-state index is 4.67. The van der Waals surface area contributed by atoms with Gasteiger partial charge in [0.05, 0.1) is 0 Å². The fraction of sp³-hybridized carbons (Fsp3) is 0.615. The number of nitrogens with zero attached hydrogens (tertiary/aromatic N) is 1. The number of rotatable bonds is 2. The molecular formula is C13H20N2. The first-order valence-electron chi connectivity index (χ1n) is 5.96. The van der Waals surface area contributed by atoms with E-state index in [-0.39, 0.29) is 0 Å². The van der Waals surface area contributed by atoms with Crippen molar-refractivity contribution in [3.05, 3.63) is 23.5 Å². The summed E-state index contributed by atoms with van der Waals surface area (Å²) in [6, 6.07) is 4.31. The van der Waals surface area contributed by atoms with Gasteiger partial charge in [-0.3, -0.25) is 4.98 Å². The Balaban J connectivity index is 2.22. The number of aromatic nitrogens is 1. The Hall–Kier alpha value is -1.05. The van der Waals surface area contributed by atoms with Crippen molar-refractivity contribution in [1.29, 1.82) is 0 Å². The van der Waals surface area contributed by atoms with Gasteiger partial charge in [0.2, 0.25) is 0 Å². The molecule has 0 atom stereocenters. The summed E-state index contributed by atoms with van der Waals surface area (Å²) in [6.45, 7) is 2.08. The molecule has 0 spiro atoms. The monoisotopic (exact) mass is 204 g/mol. The number of hydrogen-bond acceptors (Lipinski definition) is 2. The highest BCUT2D eigenvalue weighted by atomic mass is 14.8. The molecule has 1 aromatic heterocycles. The van der Waals surface area contributed by atoms with Crippen LogP contribution in [0.25, 0.3) is 0 Å². The third kappa shape index (κ3) is 2.49. The topological polar surface area (TPSA) is 24.9 Å². The second-order valence-electron chi connectivity index (χ2n) is 4.51. The van der Waals surface area contributed by atoms with Gasteiger partial charge < -0.3 is 5.32 Å². The molecule has 1 aliphatic rings. The SMILES string of the molecule is CNc1cc(C)nc(C2CCCCC2)c1. The Labute approximate surface area is 92.1 Å². The normalized spacial score (nSPS) is 17.7.